The summed E-state index contributed by atoms with van der Waals surface area (Å²) in [5.41, 5.74) is 4.77. The fourth-order valence-electron chi connectivity index (χ4n) is 1.85. The molecule has 0 aliphatic carbocycles. The molecule has 5 N–H and O–H groups in total. The number of sulfonamides is 1. The van der Waals surface area contributed by atoms with E-state index in [2.05, 4.69) is 10.0 Å². The first kappa shape index (κ1) is 20.7. The molecule has 9 nitrogen and oxygen atoms in total. The second-order valence-corrected chi connectivity index (χ2v) is 7.99. The lowest BCUT2D eigenvalue weighted by molar-refractivity contribution is -0.158. The standard InChI is InChI=1S/C15H23N3O6S/c1-15(2,3)24-14(21)10(8-13(20)17-4)18-25(22,23)12-6-5-9(16)7-11(12)19/h5-7,10,18-19H,8,16H2,1-4H3,(H,17,20). The second-order valence-electron chi connectivity index (χ2n) is 6.31. The Morgan fingerprint density at radius 3 is 2.40 bits per heavy atom. The number of rotatable bonds is 6. The van der Waals surface area contributed by atoms with Crippen LogP contribution in [0.25, 0.3) is 0 Å². The van der Waals surface area contributed by atoms with E-state index in [1.165, 1.54) is 13.1 Å². The van der Waals surface area contributed by atoms with E-state index in [-0.39, 0.29) is 5.69 Å². The highest BCUT2D eigenvalue weighted by Gasteiger charge is 2.32. The summed E-state index contributed by atoms with van der Waals surface area (Å²) >= 11 is 0. The fourth-order valence-corrected chi connectivity index (χ4v) is 3.11. The van der Waals surface area contributed by atoms with Gasteiger partial charge in [-0.1, -0.05) is 0 Å². The van der Waals surface area contributed by atoms with E-state index >= 15 is 0 Å². The number of nitrogens with two attached hydrogens (primary N) is 1. The summed E-state index contributed by atoms with van der Waals surface area (Å²) < 4.78 is 32.2. The van der Waals surface area contributed by atoms with Crippen LogP contribution < -0.4 is 15.8 Å². The van der Waals surface area contributed by atoms with Gasteiger partial charge < -0.3 is 20.9 Å². The SMILES string of the molecule is CNC(=O)CC(NS(=O)(=O)c1ccc(N)cc1O)C(=O)OC(C)(C)C. The maximum Gasteiger partial charge on any atom is 0.325 e. The first-order chi connectivity index (χ1) is 11.4. The van der Waals surface area contributed by atoms with Crippen molar-refractivity contribution in [3.05, 3.63) is 18.2 Å². The van der Waals surface area contributed by atoms with Crippen LogP contribution >= 0.6 is 0 Å². The van der Waals surface area contributed by atoms with Crippen molar-refractivity contribution in [1.82, 2.24) is 10.0 Å². The number of anilines is 1. The van der Waals surface area contributed by atoms with E-state index in [1.54, 1.807) is 20.8 Å². The molecule has 0 heterocycles. The molecule has 1 atom stereocenters. The average molecular weight is 373 g/mol. The van der Waals surface area contributed by atoms with Gasteiger partial charge in [0.15, 0.2) is 0 Å². The Bertz CT molecular complexity index is 755. The number of nitrogen functional groups attached to an aromatic ring is 1. The van der Waals surface area contributed by atoms with Crippen LogP contribution in [0.5, 0.6) is 5.75 Å². The molecule has 0 saturated heterocycles. The van der Waals surface area contributed by atoms with Gasteiger partial charge in [-0.15, -0.1) is 0 Å². The maximum absolute atomic E-state index is 12.5. The number of carbonyl (C=O) groups excluding carboxylic acids is 2. The number of amides is 1. The van der Waals surface area contributed by atoms with Gasteiger partial charge in [0.1, 0.15) is 22.3 Å². The van der Waals surface area contributed by atoms with Gasteiger partial charge >= 0.3 is 5.97 Å². The molecule has 1 rings (SSSR count). The zero-order valence-electron chi connectivity index (χ0n) is 14.5. The lowest BCUT2D eigenvalue weighted by atomic mass is 10.1. The summed E-state index contributed by atoms with van der Waals surface area (Å²) in [6.45, 7) is 4.84. The zero-order valence-corrected chi connectivity index (χ0v) is 15.3. The fraction of sp³-hybridized carbons (Fsp3) is 0.467. The van der Waals surface area contributed by atoms with Gasteiger partial charge in [0.2, 0.25) is 15.9 Å². The molecule has 0 saturated carbocycles. The van der Waals surface area contributed by atoms with E-state index in [0.29, 0.717) is 0 Å². The van der Waals surface area contributed by atoms with E-state index in [9.17, 15) is 23.1 Å². The predicted octanol–water partition coefficient (Wildman–Crippen LogP) is 0.0991. The van der Waals surface area contributed by atoms with Gasteiger partial charge in [-0.2, -0.15) is 4.72 Å². The number of esters is 1. The predicted molar refractivity (Wildman–Crippen MR) is 91.2 cm³/mol. The Morgan fingerprint density at radius 1 is 1.32 bits per heavy atom. The van der Waals surface area contributed by atoms with Crippen molar-refractivity contribution in [3.8, 4) is 5.75 Å². The lowest BCUT2D eigenvalue weighted by Gasteiger charge is -2.24. The molecular weight excluding hydrogens is 350 g/mol. The summed E-state index contributed by atoms with van der Waals surface area (Å²) in [6.07, 6.45) is -0.458. The Balaban J connectivity index is 3.14. The highest BCUT2D eigenvalue weighted by Crippen LogP contribution is 2.25. The average Bonchev–Trinajstić information content (AvgIpc) is 2.43. The zero-order chi connectivity index (χ0) is 19.4. The molecule has 1 unspecified atom stereocenters. The van der Waals surface area contributed by atoms with Crippen LogP contribution in [0.1, 0.15) is 27.2 Å². The molecule has 0 radical (unpaired) electrons. The number of nitrogens with one attached hydrogen (secondary N) is 2. The number of phenols is 1. The van der Waals surface area contributed by atoms with Crippen molar-refractivity contribution in [3.63, 3.8) is 0 Å². The van der Waals surface area contributed by atoms with Crippen molar-refractivity contribution in [1.29, 1.82) is 0 Å². The molecule has 1 aromatic carbocycles. The van der Waals surface area contributed by atoms with E-state index in [1.807, 2.05) is 0 Å². The Kier molecular flexibility index (Phi) is 6.38. The first-order valence-electron chi connectivity index (χ1n) is 7.40. The highest BCUT2D eigenvalue weighted by molar-refractivity contribution is 7.89. The lowest BCUT2D eigenvalue weighted by Crippen LogP contribution is -2.46. The van der Waals surface area contributed by atoms with Crippen LogP contribution in [0.4, 0.5) is 5.69 Å². The molecule has 10 heteroatoms. The van der Waals surface area contributed by atoms with Gasteiger partial charge in [-0.25, -0.2) is 8.42 Å². The molecule has 0 aliphatic heterocycles. The van der Waals surface area contributed by atoms with Crippen LogP contribution in [0.15, 0.2) is 23.1 Å². The molecule has 0 spiro atoms. The number of carbonyl (C=O) groups is 2. The molecule has 140 valence electrons. The minimum absolute atomic E-state index is 0.172. The number of hydrogen-bond acceptors (Lipinski definition) is 7. The molecule has 25 heavy (non-hydrogen) atoms. The van der Waals surface area contributed by atoms with E-state index in [0.717, 1.165) is 12.1 Å². The summed E-state index contributed by atoms with van der Waals surface area (Å²) in [5, 5.41) is 12.1. The molecule has 0 fully saturated rings. The van der Waals surface area contributed by atoms with Crippen molar-refractivity contribution in [2.24, 2.45) is 0 Å². The normalized spacial score (nSPS) is 13.1. The van der Waals surface area contributed by atoms with Gasteiger partial charge in [0, 0.05) is 18.8 Å². The minimum atomic E-state index is -4.30. The summed E-state index contributed by atoms with van der Waals surface area (Å²) in [6, 6.07) is 1.99. The Hall–Kier alpha value is -2.33. The number of hydrogen-bond donors (Lipinski definition) is 4. The third kappa shape index (κ3) is 6.24. The van der Waals surface area contributed by atoms with Gasteiger partial charge in [0.05, 0.1) is 6.42 Å². The number of benzene rings is 1. The van der Waals surface area contributed by atoms with Crippen molar-refractivity contribution >= 4 is 27.6 Å². The number of ether oxygens (including phenoxy) is 1. The van der Waals surface area contributed by atoms with Crippen molar-refractivity contribution < 1.29 is 27.9 Å². The molecule has 0 aromatic heterocycles. The molecule has 0 bridgehead atoms. The summed E-state index contributed by atoms with van der Waals surface area (Å²) in [5.74, 6) is -2.04. The summed E-state index contributed by atoms with van der Waals surface area (Å²) in [7, 11) is -2.94. The van der Waals surface area contributed by atoms with Gasteiger partial charge in [-0.3, -0.25) is 9.59 Å². The third-order valence-corrected chi connectivity index (χ3v) is 4.45. The highest BCUT2D eigenvalue weighted by atomic mass is 32.2. The molecular formula is C15H23N3O6S. The van der Waals surface area contributed by atoms with Crippen LogP contribution in [-0.2, 0) is 24.3 Å². The quantitative estimate of drug-likeness (QED) is 0.408. The summed E-state index contributed by atoms with van der Waals surface area (Å²) in [4.78, 5) is 23.4. The molecule has 0 aliphatic rings. The Labute approximate surface area is 146 Å². The maximum atomic E-state index is 12.5. The topological polar surface area (TPSA) is 148 Å². The first-order valence-corrected chi connectivity index (χ1v) is 8.88. The van der Waals surface area contributed by atoms with Gasteiger partial charge in [-0.05, 0) is 32.9 Å². The van der Waals surface area contributed by atoms with E-state index in [4.69, 9.17) is 10.5 Å². The molecule has 1 aromatic rings. The van der Waals surface area contributed by atoms with E-state index < -0.39 is 50.6 Å². The largest absolute Gasteiger partial charge is 0.506 e. The molecule has 1 amide bonds. The van der Waals surface area contributed by atoms with Crippen molar-refractivity contribution in [2.75, 3.05) is 12.8 Å². The minimum Gasteiger partial charge on any atom is -0.506 e. The van der Waals surface area contributed by atoms with Gasteiger partial charge in [0.25, 0.3) is 0 Å². The smallest absolute Gasteiger partial charge is 0.325 e. The third-order valence-electron chi connectivity index (χ3n) is 2.93. The number of aromatic hydroxyl groups is 1. The van der Waals surface area contributed by atoms with Crippen LogP contribution in [0.2, 0.25) is 0 Å². The van der Waals surface area contributed by atoms with Crippen LogP contribution in [0.3, 0.4) is 0 Å². The second kappa shape index (κ2) is 7.70. The van der Waals surface area contributed by atoms with Crippen molar-refractivity contribution in [2.45, 2.75) is 43.7 Å². The van der Waals surface area contributed by atoms with Crippen LogP contribution in [0, 0.1) is 0 Å². The monoisotopic (exact) mass is 373 g/mol. The Morgan fingerprint density at radius 2 is 1.92 bits per heavy atom. The number of phenolic OH excluding ortho intramolecular Hbond substituents is 1. The van der Waals surface area contributed by atoms with Crippen LogP contribution in [-0.4, -0.2) is 44.1 Å².